The molecule has 0 saturated carbocycles. The average molecular weight is 410 g/mol. The summed E-state index contributed by atoms with van der Waals surface area (Å²) in [4.78, 5) is 38.6. The van der Waals surface area contributed by atoms with E-state index in [2.05, 4.69) is 6.92 Å². The maximum absolute atomic E-state index is 12.8. The van der Waals surface area contributed by atoms with Gasteiger partial charge in [0.05, 0.1) is 12.3 Å². The lowest BCUT2D eigenvalue weighted by molar-refractivity contribution is -0.142. The third-order valence-electron chi connectivity index (χ3n) is 4.96. The summed E-state index contributed by atoms with van der Waals surface area (Å²) in [6.45, 7) is 4.03. The highest BCUT2D eigenvalue weighted by molar-refractivity contribution is 6.34. The van der Waals surface area contributed by atoms with Crippen LogP contribution in [0.15, 0.2) is 29.3 Å². The minimum atomic E-state index is -0.894. The van der Waals surface area contributed by atoms with E-state index in [0.29, 0.717) is 46.2 Å². The quantitative estimate of drug-likeness (QED) is 0.418. The Hall–Kier alpha value is -1.85. The van der Waals surface area contributed by atoms with E-state index in [1.54, 1.807) is 25.1 Å². The van der Waals surface area contributed by atoms with Gasteiger partial charge in [-0.3, -0.25) is 14.4 Å². The molecular formula is C20H21Cl2NO4. The summed E-state index contributed by atoms with van der Waals surface area (Å²) in [6.07, 6.45) is 2.31. The molecule has 0 spiro atoms. The van der Waals surface area contributed by atoms with Crippen molar-refractivity contribution in [2.75, 3.05) is 11.5 Å². The van der Waals surface area contributed by atoms with E-state index in [0.717, 1.165) is 6.42 Å². The van der Waals surface area contributed by atoms with Crippen molar-refractivity contribution in [3.8, 4) is 0 Å². The van der Waals surface area contributed by atoms with Gasteiger partial charge in [-0.2, -0.15) is 0 Å². The molecule has 3 rings (SSSR count). The van der Waals surface area contributed by atoms with Crippen LogP contribution >= 0.6 is 23.2 Å². The zero-order chi connectivity index (χ0) is 19.7. The van der Waals surface area contributed by atoms with Gasteiger partial charge < -0.3 is 4.74 Å². The van der Waals surface area contributed by atoms with Crippen LogP contribution in [0.25, 0.3) is 0 Å². The van der Waals surface area contributed by atoms with Crippen molar-refractivity contribution in [2.24, 2.45) is 5.92 Å². The van der Waals surface area contributed by atoms with Crippen LogP contribution in [-0.4, -0.2) is 29.8 Å². The van der Waals surface area contributed by atoms with Gasteiger partial charge in [0.2, 0.25) is 0 Å². The van der Waals surface area contributed by atoms with E-state index in [4.69, 9.17) is 27.9 Å². The van der Waals surface area contributed by atoms with Crippen molar-refractivity contribution in [1.29, 1.82) is 0 Å². The van der Waals surface area contributed by atoms with Crippen molar-refractivity contribution in [3.63, 3.8) is 0 Å². The number of hydrogen-bond donors (Lipinski definition) is 0. The molecule has 144 valence electrons. The summed E-state index contributed by atoms with van der Waals surface area (Å²) in [5.74, 6) is -0.659. The maximum Gasteiger partial charge on any atom is 0.324 e. The largest absolute Gasteiger partial charge is 0.465 e. The fourth-order valence-electron chi connectivity index (χ4n) is 3.53. The molecule has 27 heavy (non-hydrogen) atoms. The zero-order valence-corrected chi connectivity index (χ0v) is 16.8. The van der Waals surface area contributed by atoms with Crippen LogP contribution < -0.4 is 4.90 Å². The number of ether oxygens (including phenoxy) is 1. The predicted octanol–water partition coefficient (Wildman–Crippen LogP) is 4.04. The predicted molar refractivity (Wildman–Crippen MR) is 104 cm³/mol. The van der Waals surface area contributed by atoms with Gasteiger partial charge in [-0.05, 0) is 55.9 Å². The molecule has 5 nitrogen and oxygen atoms in total. The molecule has 0 N–H and O–H groups in total. The second-order valence-corrected chi connectivity index (χ2v) is 7.88. The fraction of sp³-hybridized carbons (Fsp3) is 0.450. The van der Waals surface area contributed by atoms with Gasteiger partial charge in [-0.15, -0.1) is 11.6 Å². The molecule has 1 heterocycles. The standard InChI is InChI=1S/C20H21Cl2NO4/c1-3-27-20(26)17(22)10-12-9-13(5-7-16(12)21)23-18(24)14-6-4-11(2)8-15(14)19(23)25/h5,7,9,11,17H,3-4,6,8,10H2,1-2H3. The van der Waals surface area contributed by atoms with Crippen LogP contribution in [0.5, 0.6) is 0 Å². The first-order valence-corrected chi connectivity index (χ1v) is 9.84. The van der Waals surface area contributed by atoms with Crippen molar-refractivity contribution >= 4 is 46.7 Å². The normalized spacial score (nSPS) is 20.7. The number of rotatable bonds is 5. The van der Waals surface area contributed by atoms with Crippen LogP contribution in [0.1, 0.15) is 38.7 Å². The van der Waals surface area contributed by atoms with Gasteiger partial charge in [0.25, 0.3) is 11.8 Å². The minimum absolute atomic E-state index is 0.146. The van der Waals surface area contributed by atoms with Crippen molar-refractivity contribution in [3.05, 3.63) is 39.9 Å². The highest BCUT2D eigenvalue weighted by atomic mass is 35.5. The Balaban J connectivity index is 1.85. The molecular weight excluding hydrogens is 389 g/mol. The third kappa shape index (κ3) is 3.90. The molecule has 1 aromatic carbocycles. The Morgan fingerprint density at radius 2 is 2.00 bits per heavy atom. The molecule has 2 aliphatic rings. The Bertz CT molecular complexity index is 833. The number of carbonyl (C=O) groups is 3. The lowest BCUT2D eigenvalue weighted by Gasteiger charge is -2.18. The summed E-state index contributed by atoms with van der Waals surface area (Å²) in [5, 5.41) is -0.478. The molecule has 2 amide bonds. The number of carbonyl (C=O) groups excluding carboxylic acids is 3. The third-order valence-corrected chi connectivity index (χ3v) is 5.66. The molecule has 1 aromatic rings. The minimum Gasteiger partial charge on any atom is -0.465 e. The van der Waals surface area contributed by atoms with Gasteiger partial charge in [0.15, 0.2) is 0 Å². The first kappa shape index (κ1) is 19.9. The first-order valence-electron chi connectivity index (χ1n) is 9.03. The number of hydrogen-bond acceptors (Lipinski definition) is 4. The summed E-state index contributed by atoms with van der Waals surface area (Å²) < 4.78 is 4.91. The molecule has 0 radical (unpaired) electrons. The van der Waals surface area contributed by atoms with Gasteiger partial charge in [0, 0.05) is 22.6 Å². The summed E-state index contributed by atoms with van der Waals surface area (Å²) in [7, 11) is 0. The van der Waals surface area contributed by atoms with Gasteiger partial charge in [0.1, 0.15) is 5.38 Å². The van der Waals surface area contributed by atoms with E-state index in [1.165, 1.54) is 4.90 Å². The average Bonchev–Trinajstić information content (AvgIpc) is 2.87. The van der Waals surface area contributed by atoms with Crippen molar-refractivity contribution in [1.82, 2.24) is 0 Å². The highest BCUT2D eigenvalue weighted by Gasteiger charge is 2.41. The Kier molecular flexibility index (Phi) is 5.92. The van der Waals surface area contributed by atoms with E-state index in [-0.39, 0.29) is 24.8 Å². The number of halogens is 2. The lowest BCUT2D eigenvalue weighted by atomic mass is 9.86. The number of alkyl halides is 1. The van der Waals surface area contributed by atoms with Crippen LogP contribution in [0.3, 0.4) is 0 Å². The van der Waals surface area contributed by atoms with Gasteiger partial charge in [-0.1, -0.05) is 18.5 Å². The second kappa shape index (κ2) is 8.03. The molecule has 7 heteroatoms. The second-order valence-electron chi connectivity index (χ2n) is 6.95. The highest BCUT2D eigenvalue weighted by Crippen LogP contribution is 2.38. The summed E-state index contributed by atoms with van der Waals surface area (Å²) >= 11 is 12.3. The molecule has 0 fully saturated rings. The smallest absolute Gasteiger partial charge is 0.324 e. The van der Waals surface area contributed by atoms with Crippen LogP contribution in [-0.2, 0) is 25.5 Å². The van der Waals surface area contributed by atoms with E-state index in [9.17, 15) is 14.4 Å². The van der Waals surface area contributed by atoms with Crippen LogP contribution in [0.2, 0.25) is 5.02 Å². The molecule has 0 aromatic heterocycles. The SMILES string of the molecule is CCOC(=O)C(Cl)Cc1cc(N2C(=O)C3=C(CC(C)CC3)C2=O)ccc1Cl. The number of imide groups is 1. The lowest BCUT2D eigenvalue weighted by Crippen LogP contribution is -2.31. The fourth-order valence-corrected chi connectivity index (χ4v) is 3.95. The van der Waals surface area contributed by atoms with Crippen molar-refractivity contribution < 1.29 is 19.1 Å². The number of anilines is 1. The molecule has 1 aliphatic carbocycles. The molecule has 2 unspecified atom stereocenters. The van der Waals surface area contributed by atoms with Crippen LogP contribution in [0.4, 0.5) is 5.69 Å². The zero-order valence-electron chi connectivity index (χ0n) is 15.3. The number of benzene rings is 1. The topological polar surface area (TPSA) is 63.7 Å². The van der Waals surface area contributed by atoms with E-state index >= 15 is 0 Å². The summed E-state index contributed by atoms with van der Waals surface area (Å²) in [6, 6.07) is 4.90. The molecule has 2 atom stereocenters. The Morgan fingerprint density at radius 3 is 2.70 bits per heavy atom. The first-order chi connectivity index (χ1) is 12.8. The monoisotopic (exact) mass is 409 g/mol. The van der Waals surface area contributed by atoms with Gasteiger partial charge >= 0.3 is 5.97 Å². The van der Waals surface area contributed by atoms with E-state index in [1.807, 2.05) is 0 Å². The maximum atomic E-state index is 12.8. The summed E-state index contributed by atoms with van der Waals surface area (Å²) in [5.41, 5.74) is 2.27. The van der Waals surface area contributed by atoms with Crippen molar-refractivity contribution in [2.45, 2.75) is 44.9 Å². The van der Waals surface area contributed by atoms with Gasteiger partial charge in [-0.25, -0.2) is 4.90 Å². The molecule has 0 saturated heterocycles. The number of esters is 1. The van der Waals surface area contributed by atoms with E-state index < -0.39 is 11.3 Å². The van der Waals surface area contributed by atoms with Crippen LogP contribution in [0, 0.1) is 5.92 Å². The molecule has 0 bridgehead atoms. The Labute approximate surface area is 168 Å². The number of amides is 2. The number of nitrogens with zero attached hydrogens (tertiary/aromatic N) is 1. The Morgan fingerprint density at radius 1 is 1.30 bits per heavy atom. The molecule has 1 aliphatic heterocycles.